The maximum atomic E-state index is 6.39. The summed E-state index contributed by atoms with van der Waals surface area (Å²) < 4.78 is 6.51. The second-order valence-corrected chi connectivity index (χ2v) is 7.25. The molecule has 0 saturated heterocycles. The number of ether oxygens (including phenoxy) is 1. The first-order valence-electron chi connectivity index (χ1n) is 6.46. The Morgan fingerprint density at radius 2 is 1.81 bits per heavy atom. The first-order chi connectivity index (χ1) is 9.93. The quantitative estimate of drug-likeness (QED) is 0.456. The van der Waals surface area contributed by atoms with E-state index in [9.17, 15) is 0 Å². The standard InChI is InChI=1S/C16H14Br2Cl2O/c1-3-21-15-8-13(19)12(7-14(15)20)16(18)11-5-4-10(17)6-9(11)2/h4-8,16H,3H2,1-2H3. The van der Waals surface area contributed by atoms with Crippen molar-refractivity contribution in [2.45, 2.75) is 18.7 Å². The summed E-state index contributed by atoms with van der Waals surface area (Å²) in [6, 6.07) is 9.79. The van der Waals surface area contributed by atoms with Crippen molar-refractivity contribution < 1.29 is 4.74 Å². The zero-order chi connectivity index (χ0) is 15.6. The van der Waals surface area contributed by atoms with E-state index >= 15 is 0 Å². The van der Waals surface area contributed by atoms with E-state index in [1.807, 2.05) is 19.1 Å². The second-order valence-electron chi connectivity index (χ2n) is 4.60. The highest BCUT2D eigenvalue weighted by molar-refractivity contribution is 9.10. The lowest BCUT2D eigenvalue weighted by molar-refractivity contribution is 0.340. The minimum atomic E-state index is -0.0220. The van der Waals surface area contributed by atoms with Gasteiger partial charge in [-0.05, 0) is 48.7 Å². The lowest BCUT2D eigenvalue weighted by Gasteiger charge is -2.17. The number of benzene rings is 2. The number of rotatable bonds is 4. The maximum absolute atomic E-state index is 6.39. The molecule has 2 aromatic carbocycles. The first kappa shape index (κ1) is 17.1. The third-order valence-corrected chi connectivity index (χ3v) is 5.23. The van der Waals surface area contributed by atoms with Crippen molar-refractivity contribution in [3.05, 3.63) is 61.5 Å². The van der Waals surface area contributed by atoms with Crippen LogP contribution in [0.3, 0.4) is 0 Å². The van der Waals surface area contributed by atoms with Crippen LogP contribution in [0.2, 0.25) is 10.0 Å². The van der Waals surface area contributed by atoms with Gasteiger partial charge >= 0.3 is 0 Å². The van der Waals surface area contributed by atoms with Gasteiger partial charge in [-0.3, -0.25) is 0 Å². The third kappa shape index (κ3) is 3.95. The van der Waals surface area contributed by atoms with Gasteiger partial charge in [0.2, 0.25) is 0 Å². The average Bonchev–Trinajstić information content (AvgIpc) is 2.42. The Kier molecular flexibility index (Phi) is 6.01. The number of alkyl halides is 1. The second kappa shape index (κ2) is 7.36. The van der Waals surface area contributed by atoms with Crippen LogP contribution in [0.4, 0.5) is 0 Å². The van der Waals surface area contributed by atoms with Gasteiger partial charge in [0.15, 0.2) is 0 Å². The Labute approximate surface area is 151 Å². The van der Waals surface area contributed by atoms with Crippen LogP contribution in [-0.4, -0.2) is 6.61 Å². The van der Waals surface area contributed by atoms with E-state index < -0.39 is 0 Å². The summed E-state index contributed by atoms with van der Waals surface area (Å²) in [4.78, 5) is -0.0220. The van der Waals surface area contributed by atoms with E-state index in [1.54, 1.807) is 6.07 Å². The molecule has 0 N–H and O–H groups in total. The van der Waals surface area contributed by atoms with Gasteiger partial charge in [-0.25, -0.2) is 0 Å². The van der Waals surface area contributed by atoms with Crippen LogP contribution in [0.1, 0.15) is 28.4 Å². The summed E-state index contributed by atoms with van der Waals surface area (Å²) in [6.45, 7) is 4.54. The van der Waals surface area contributed by atoms with Gasteiger partial charge < -0.3 is 4.74 Å². The summed E-state index contributed by atoms with van der Waals surface area (Å²) in [5, 5.41) is 1.20. The Balaban J connectivity index is 2.43. The van der Waals surface area contributed by atoms with Crippen molar-refractivity contribution in [3.8, 4) is 5.75 Å². The van der Waals surface area contributed by atoms with Crippen LogP contribution in [0.25, 0.3) is 0 Å². The van der Waals surface area contributed by atoms with Gasteiger partial charge in [0.25, 0.3) is 0 Å². The fraction of sp³-hybridized carbons (Fsp3) is 0.250. The van der Waals surface area contributed by atoms with E-state index in [0.29, 0.717) is 22.4 Å². The highest BCUT2D eigenvalue weighted by atomic mass is 79.9. The van der Waals surface area contributed by atoms with Gasteiger partial charge in [-0.15, -0.1) is 0 Å². The molecule has 2 aromatic rings. The van der Waals surface area contributed by atoms with Crippen LogP contribution in [0, 0.1) is 6.92 Å². The molecule has 112 valence electrons. The van der Waals surface area contributed by atoms with Crippen molar-refractivity contribution in [1.29, 1.82) is 0 Å². The molecular formula is C16H14Br2Cl2O. The molecule has 0 spiro atoms. The molecule has 0 aliphatic heterocycles. The normalized spacial score (nSPS) is 12.3. The van der Waals surface area contributed by atoms with Crippen LogP contribution < -0.4 is 4.74 Å². The molecule has 0 amide bonds. The average molecular weight is 453 g/mol. The SMILES string of the molecule is CCOc1cc(Cl)c(C(Br)c2ccc(Br)cc2C)cc1Cl. The monoisotopic (exact) mass is 450 g/mol. The predicted molar refractivity (Wildman–Crippen MR) is 97.3 cm³/mol. The van der Waals surface area contributed by atoms with Crippen molar-refractivity contribution in [2.24, 2.45) is 0 Å². The number of hydrogen-bond donors (Lipinski definition) is 0. The maximum Gasteiger partial charge on any atom is 0.139 e. The summed E-state index contributed by atoms with van der Waals surface area (Å²) in [5.41, 5.74) is 3.25. The summed E-state index contributed by atoms with van der Waals surface area (Å²) in [7, 11) is 0. The van der Waals surface area contributed by atoms with Crippen LogP contribution >= 0.6 is 55.1 Å². The van der Waals surface area contributed by atoms with E-state index in [0.717, 1.165) is 15.6 Å². The molecular weight excluding hydrogens is 439 g/mol. The lowest BCUT2D eigenvalue weighted by atomic mass is 10.0. The molecule has 0 aliphatic rings. The Hall–Kier alpha value is -0.220. The largest absolute Gasteiger partial charge is 0.492 e. The van der Waals surface area contributed by atoms with Crippen LogP contribution in [0.15, 0.2) is 34.8 Å². The molecule has 21 heavy (non-hydrogen) atoms. The minimum Gasteiger partial charge on any atom is -0.492 e. The molecule has 2 rings (SSSR count). The molecule has 0 saturated carbocycles. The van der Waals surface area contributed by atoms with Crippen molar-refractivity contribution in [3.63, 3.8) is 0 Å². The molecule has 1 atom stereocenters. The highest BCUT2D eigenvalue weighted by Gasteiger charge is 2.18. The fourth-order valence-corrected chi connectivity index (χ4v) is 4.08. The van der Waals surface area contributed by atoms with Crippen molar-refractivity contribution in [2.75, 3.05) is 6.61 Å². The van der Waals surface area contributed by atoms with Gasteiger partial charge in [0.1, 0.15) is 5.75 Å². The zero-order valence-corrected chi connectivity index (χ0v) is 16.3. The highest BCUT2D eigenvalue weighted by Crippen LogP contribution is 2.41. The molecule has 0 bridgehead atoms. The van der Waals surface area contributed by atoms with Gasteiger partial charge in [0.05, 0.1) is 16.5 Å². The van der Waals surface area contributed by atoms with Gasteiger partial charge in [-0.2, -0.15) is 0 Å². The first-order valence-corrected chi connectivity index (χ1v) is 8.92. The summed E-state index contributed by atoms with van der Waals surface area (Å²) in [5.74, 6) is 0.611. The molecule has 1 unspecified atom stereocenters. The smallest absolute Gasteiger partial charge is 0.139 e. The molecule has 0 heterocycles. The Bertz CT molecular complexity index is 659. The Morgan fingerprint density at radius 3 is 2.43 bits per heavy atom. The van der Waals surface area contributed by atoms with Crippen molar-refractivity contribution >= 4 is 55.1 Å². The molecule has 1 nitrogen and oxygen atoms in total. The fourth-order valence-electron chi connectivity index (χ4n) is 2.10. The van der Waals surface area contributed by atoms with Crippen LogP contribution in [0.5, 0.6) is 5.75 Å². The van der Waals surface area contributed by atoms with Gasteiger partial charge in [0, 0.05) is 15.6 Å². The molecule has 0 fully saturated rings. The van der Waals surface area contributed by atoms with E-state index in [1.165, 1.54) is 5.56 Å². The molecule has 0 aromatic heterocycles. The predicted octanol–water partition coefficient (Wildman–Crippen LogP) is 6.95. The van der Waals surface area contributed by atoms with E-state index in [4.69, 9.17) is 27.9 Å². The number of hydrogen-bond acceptors (Lipinski definition) is 1. The minimum absolute atomic E-state index is 0.0220. The Morgan fingerprint density at radius 1 is 1.10 bits per heavy atom. The third-order valence-electron chi connectivity index (χ3n) is 3.13. The number of aryl methyl sites for hydroxylation is 1. The molecule has 0 radical (unpaired) electrons. The van der Waals surface area contributed by atoms with E-state index in [2.05, 4.69) is 50.9 Å². The molecule has 5 heteroatoms. The topological polar surface area (TPSA) is 9.23 Å². The summed E-state index contributed by atoms with van der Waals surface area (Å²) in [6.07, 6.45) is 0. The van der Waals surface area contributed by atoms with Crippen molar-refractivity contribution in [1.82, 2.24) is 0 Å². The zero-order valence-electron chi connectivity index (χ0n) is 11.6. The van der Waals surface area contributed by atoms with Gasteiger partial charge in [-0.1, -0.05) is 61.1 Å². The van der Waals surface area contributed by atoms with E-state index in [-0.39, 0.29) is 4.83 Å². The molecule has 0 aliphatic carbocycles. The lowest BCUT2D eigenvalue weighted by Crippen LogP contribution is -1.99. The van der Waals surface area contributed by atoms with Crippen LogP contribution in [-0.2, 0) is 0 Å². The number of halogens is 4. The summed E-state index contributed by atoms with van der Waals surface area (Å²) >= 11 is 19.8.